The largest absolute Gasteiger partial charge is 0.490 e. The molecule has 0 bridgehead atoms. The van der Waals surface area contributed by atoms with E-state index in [1.54, 1.807) is 29.2 Å². The van der Waals surface area contributed by atoms with Gasteiger partial charge in [-0.2, -0.15) is 0 Å². The second-order valence-electron chi connectivity index (χ2n) is 6.19. The lowest BCUT2D eigenvalue weighted by Gasteiger charge is -2.38. The zero-order valence-corrected chi connectivity index (χ0v) is 14.5. The molecule has 0 saturated carbocycles. The molecule has 2 heterocycles. The molecule has 2 aliphatic rings. The maximum atomic E-state index is 13.1. The Morgan fingerprint density at radius 3 is 2.56 bits per heavy atom. The van der Waals surface area contributed by atoms with Crippen LogP contribution in [0.3, 0.4) is 0 Å². The van der Waals surface area contributed by atoms with Gasteiger partial charge in [0.05, 0.1) is 12.2 Å². The SMILES string of the molecule is CS(=O)(=O)C1=C(C(=O)c2ccccc2)Cc2cccc3c2N1CCO3. The number of sulfone groups is 1. The minimum absolute atomic E-state index is 0.101. The highest BCUT2D eigenvalue weighted by molar-refractivity contribution is 7.94. The molecule has 2 aliphatic heterocycles. The van der Waals surface area contributed by atoms with Gasteiger partial charge in [-0.15, -0.1) is 0 Å². The fourth-order valence-electron chi connectivity index (χ4n) is 3.49. The molecule has 0 aromatic heterocycles. The van der Waals surface area contributed by atoms with Crippen molar-refractivity contribution < 1.29 is 17.9 Å². The number of nitrogens with zero attached hydrogens (tertiary/aromatic N) is 1. The van der Waals surface area contributed by atoms with Crippen LogP contribution in [0.25, 0.3) is 0 Å². The van der Waals surface area contributed by atoms with Gasteiger partial charge in [0.25, 0.3) is 0 Å². The first-order chi connectivity index (χ1) is 12.0. The Morgan fingerprint density at radius 1 is 1.08 bits per heavy atom. The maximum absolute atomic E-state index is 13.1. The normalized spacial score (nSPS) is 16.3. The first-order valence-electron chi connectivity index (χ1n) is 8.02. The summed E-state index contributed by atoms with van der Waals surface area (Å²) in [6.45, 7) is 0.778. The molecular weight excluding hydrogens is 338 g/mol. The lowest BCUT2D eigenvalue weighted by atomic mass is 9.93. The van der Waals surface area contributed by atoms with Crippen molar-refractivity contribution in [2.24, 2.45) is 0 Å². The second kappa shape index (κ2) is 5.74. The maximum Gasteiger partial charge on any atom is 0.192 e. The molecule has 0 spiro atoms. The molecule has 0 aliphatic carbocycles. The quantitative estimate of drug-likeness (QED) is 0.792. The zero-order chi connectivity index (χ0) is 17.6. The molecule has 0 atom stereocenters. The summed E-state index contributed by atoms with van der Waals surface area (Å²) in [5, 5.41) is 0.101. The molecule has 0 amide bonds. The molecule has 128 valence electrons. The van der Waals surface area contributed by atoms with Crippen LogP contribution >= 0.6 is 0 Å². The topological polar surface area (TPSA) is 63.7 Å². The number of hydrogen-bond acceptors (Lipinski definition) is 5. The highest BCUT2D eigenvalue weighted by atomic mass is 32.2. The van der Waals surface area contributed by atoms with Gasteiger partial charge in [-0.1, -0.05) is 42.5 Å². The van der Waals surface area contributed by atoms with E-state index in [0.717, 1.165) is 17.5 Å². The fourth-order valence-corrected chi connectivity index (χ4v) is 4.68. The van der Waals surface area contributed by atoms with Crippen molar-refractivity contribution in [1.29, 1.82) is 0 Å². The summed E-state index contributed by atoms with van der Waals surface area (Å²) in [4.78, 5) is 14.8. The number of ether oxygens (including phenoxy) is 1. The smallest absolute Gasteiger partial charge is 0.192 e. The molecule has 4 rings (SSSR count). The average Bonchev–Trinajstić information content (AvgIpc) is 2.61. The van der Waals surface area contributed by atoms with Crippen molar-refractivity contribution >= 4 is 21.3 Å². The predicted molar refractivity (Wildman–Crippen MR) is 95.6 cm³/mol. The summed E-state index contributed by atoms with van der Waals surface area (Å²) >= 11 is 0. The van der Waals surface area contributed by atoms with Gasteiger partial charge in [0.1, 0.15) is 17.4 Å². The zero-order valence-electron chi connectivity index (χ0n) is 13.7. The summed E-state index contributed by atoms with van der Waals surface area (Å²) in [7, 11) is -3.59. The highest BCUT2D eigenvalue weighted by Gasteiger charge is 2.37. The van der Waals surface area contributed by atoms with Crippen LogP contribution in [0.5, 0.6) is 5.75 Å². The molecule has 2 aromatic carbocycles. The van der Waals surface area contributed by atoms with Gasteiger partial charge in [-0.25, -0.2) is 8.42 Å². The van der Waals surface area contributed by atoms with Crippen molar-refractivity contribution in [3.8, 4) is 5.75 Å². The molecule has 0 unspecified atom stereocenters. The third kappa shape index (κ3) is 2.62. The van der Waals surface area contributed by atoms with Crippen molar-refractivity contribution in [2.75, 3.05) is 24.3 Å². The Morgan fingerprint density at radius 2 is 1.84 bits per heavy atom. The summed E-state index contributed by atoms with van der Waals surface area (Å²) in [6, 6.07) is 14.4. The van der Waals surface area contributed by atoms with Gasteiger partial charge in [-0.3, -0.25) is 4.79 Å². The van der Waals surface area contributed by atoms with Crippen LogP contribution in [0.1, 0.15) is 15.9 Å². The van der Waals surface area contributed by atoms with Crippen molar-refractivity contribution in [3.05, 3.63) is 70.3 Å². The molecule has 5 nitrogen and oxygen atoms in total. The lowest BCUT2D eigenvalue weighted by molar-refractivity contribution is 0.103. The van der Waals surface area contributed by atoms with Crippen molar-refractivity contribution in [3.63, 3.8) is 0 Å². The number of hydrogen-bond donors (Lipinski definition) is 0. The van der Waals surface area contributed by atoms with Crippen LogP contribution in [0.15, 0.2) is 59.1 Å². The molecular formula is C19H17NO4S. The lowest BCUT2D eigenvalue weighted by Crippen LogP contribution is -2.40. The van der Waals surface area contributed by atoms with Crippen LogP contribution < -0.4 is 9.64 Å². The molecule has 0 fully saturated rings. The van der Waals surface area contributed by atoms with Crippen LogP contribution in [0, 0.1) is 0 Å². The first-order valence-corrected chi connectivity index (χ1v) is 9.91. The first kappa shape index (κ1) is 15.9. The number of carbonyl (C=O) groups excluding carboxylic acids is 1. The summed E-state index contributed by atoms with van der Waals surface area (Å²) in [5.41, 5.74) is 2.48. The van der Waals surface area contributed by atoms with Crippen molar-refractivity contribution in [1.82, 2.24) is 0 Å². The van der Waals surface area contributed by atoms with E-state index in [9.17, 15) is 13.2 Å². The molecule has 0 N–H and O–H groups in total. The van der Waals surface area contributed by atoms with Gasteiger partial charge >= 0.3 is 0 Å². The van der Waals surface area contributed by atoms with Crippen LogP contribution in [0.2, 0.25) is 0 Å². The molecule has 6 heteroatoms. The van der Waals surface area contributed by atoms with Gasteiger partial charge in [0.2, 0.25) is 0 Å². The minimum atomic E-state index is -3.59. The Labute approximate surface area is 146 Å². The van der Waals surface area contributed by atoms with E-state index < -0.39 is 9.84 Å². The van der Waals surface area contributed by atoms with Crippen LogP contribution in [-0.2, 0) is 16.3 Å². The summed E-state index contributed by atoms with van der Waals surface area (Å²) in [5.74, 6) is 0.416. The van der Waals surface area contributed by atoms with E-state index in [2.05, 4.69) is 0 Å². The predicted octanol–water partition coefficient (Wildman–Crippen LogP) is 2.58. The summed E-state index contributed by atoms with van der Waals surface area (Å²) in [6.07, 6.45) is 1.43. The Kier molecular flexibility index (Phi) is 3.65. The van der Waals surface area contributed by atoms with Gasteiger partial charge < -0.3 is 9.64 Å². The monoisotopic (exact) mass is 355 g/mol. The van der Waals surface area contributed by atoms with E-state index >= 15 is 0 Å². The second-order valence-corrected chi connectivity index (χ2v) is 8.12. The van der Waals surface area contributed by atoms with Crippen LogP contribution in [-0.4, -0.2) is 33.6 Å². The average molecular weight is 355 g/mol. The fraction of sp³-hybridized carbons (Fsp3) is 0.211. The van der Waals surface area contributed by atoms with Gasteiger partial charge in [0, 0.05) is 23.8 Å². The van der Waals surface area contributed by atoms with E-state index in [-0.39, 0.29) is 17.2 Å². The molecule has 2 aromatic rings. The molecule has 0 saturated heterocycles. The number of anilines is 1. The number of rotatable bonds is 3. The van der Waals surface area contributed by atoms with Crippen LogP contribution in [0.4, 0.5) is 5.69 Å². The van der Waals surface area contributed by atoms with E-state index in [1.165, 1.54) is 0 Å². The Balaban J connectivity index is 1.94. The number of Topliss-reactive ketones (excluding diaryl/α,β-unsaturated/α-hetero) is 1. The van der Waals surface area contributed by atoms with E-state index in [4.69, 9.17) is 4.74 Å². The third-order valence-electron chi connectivity index (χ3n) is 4.46. The Hall–Kier alpha value is -2.60. The molecule has 25 heavy (non-hydrogen) atoms. The summed E-state index contributed by atoms with van der Waals surface area (Å²) < 4.78 is 30.8. The minimum Gasteiger partial charge on any atom is -0.490 e. The Bertz CT molecular complexity index is 993. The van der Waals surface area contributed by atoms with Crippen molar-refractivity contribution in [2.45, 2.75) is 6.42 Å². The van der Waals surface area contributed by atoms with E-state index in [1.807, 2.05) is 24.3 Å². The number of ketones is 1. The van der Waals surface area contributed by atoms with E-state index in [0.29, 0.717) is 30.0 Å². The van der Waals surface area contributed by atoms with Gasteiger partial charge in [-0.05, 0) is 11.6 Å². The highest BCUT2D eigenvalue weighted by Crippen LogP contribution is 2.43. The standard InChI is InChI=1S/C19H17NO4S/c1-25(22,23)19-15(18(21)13-6-3-2-4-7-13)12-14-8-5-9-16-17(14)20(19)10-11-24-16/h2-9H,10-12H2,1H3. The number of benzene rings is 2. The van der Waals surface area contributed by atoms with Gasteiger partial charge in [0.15, 0.2) is 15.6 Å². The number of carbonyl (C=O) groups is 1. The number of para-hydroxylation sites is 1. The number of allylic oxidation sites excluding steroid dienone is 1. The molecule has 0 radical (unpaired) electrons. The third-order valence-corrected chi connectivity index (χ3v) is 5.63.